The number of hydrogen-bond donors (Lipinski definition) is 0. The maximum atomic E-state index is 13.0. The molecule has 0 aliphatic heterocycles. The summed E-state index contributed by atoms with van der Waals surface area (Å²) in [4.78, 5) is 0. The first-order valence-electron chi connectivity index (χ1n) is 5.35. The Labute approximate surface area is 88.6 Å². The average Bonchev–Trinajstić information content (AvgIpc) is 2.21. The lowest BCUT2D eigenvalue weighted by Crippen LogP contribution is -2.05. The lowest BCUT2D eigenvalue weighted by atomic mass is 9.89. The van der Waals surface area contributed by atoms with Gasteiger partial charge in [-0.05, 0) is 42.5 Å². The van der Waals surface area contributed by atoms with Gasteiger partial charge in [-0.2, -0.15) is 0 Å². The third kappa shape index (κ3) is 2.09. The Morgan fingerprint density at radius 3 is 2.47 bits per heavy atom. The molecule has 15 heavy (non-hydrogen) atoms. The van der Waals surface area contributed by atoms with E-state index in [2.05, 4.69) is 13.0 Å². The molecule has 0 heterocycles. The van der Waals surface area contributed by atoms with Crippen molar-refractivity contribution in [1.82, 2.24) is 0 Å². The average molecular weight is 208 g/mol. The van der Waals surface area contributed by atoms with Gasteiger partial charge in [-0.25, -0.2) is 8.78 Å². The summed E-state index contributed by atoms with van der Waals surface area (Å²) in [5.41, 5.74) is 3.21. The summed E-state index contributed by atoms with van der Waals surface area (Å²) in [6.45, 7) is 2.13. The Morgan fingerprint density at radius 1 is 1.13 bits per heavy atom. The zero-order valence-corrected chi connectivity index (χ0v) is 8.82. The molecule has 0 N–H and O–H groups in total. The van der Waals surface area contributed by atoms with E-state index in [-0.39, 0.29) is 0 Å². The molecule has 0 spiro atoms. The third-order valence-corrected chi connectivity index (χ3v) is 2.84. The van der Waals surface area contributed by atoms with E-state index in [9.17, 15) is 8.78 Å². The first kappa shape index (κ1) is 10.3. The van der Waals surface area contributed by atoms with Crippen molar-refractivity contribution in [1.29, 1.82) is 0 Å². The van der Waals surface area contributed by atoms with Crippen molar-refractivity contribution in [2.75, 3.05) is 0 Å². The largest absolute Gasteiger partial charge is 0.204 e. The molecule has 0 bridgehead atoms. The maximum absolute atomic E-state index is 13.0. The van der Waals surface area contributed by atoms with Crippen molar-refractivity contribution >= 4 is 0 Å². The van der Waals surface area contributed by atoms with Crippen LogP contribution in [0.2, 0.25) is 0 Å². The number of rotatable bonds is 2. The SMILES string of the molecule is CCCC1=CCc2cc(F)c(F)cc2C1. The molecular weight excluding hydrogens is 194 g/mol. The van der Waals surface area contributed by atoms with Crippen LogP contribution in [0.15, 0.2) is 23.8 Å². The highest BCUT2D eigenvalue weighted by atomic mass is 19.2. The van der Waals surface area contributed by atoms with E-state index in [1.165, 1.54) is 17.7 Å². The van der Waals surface area contributed by atoms with Gasteiger partial charge in [0.15, 0.2) is 11.6 Å². The van der Waals surface area contributed by atoms with Gasteiger partial charge in [0.05, 0.1) is 0 Å². The first-order valence-corrected chi connectivity index (χ1v) is 5.35. The summed E-state index contributed by atoms with van der Waals surface area (Å²) in [6.07, 6.45) is 5.81. The molecule has 1 aromatic rings. The Morgan fingerprint density at radius 2 is 1.80 bits per heavy atom. The summed E-state index contributed by atoms with van der Waals surface area (Å²) in [5, 5.41) is 0. The normalized spacial score (nSPS) is 14.7. The van der Waals surface area contributed by atoms with E-state index >= 15 is 0 Å². The quantitative estimate of drug-likeness (QED) is 0.649. The highest BCUT2D eigenvalue weighted by Crippen LogP contribution is 2.25. The molecule has 1 aromatic carbocycles. The summed E-state index contributed by atoms with van der Waals surface area (Å²) in [7, 11) is 0. The molecule has 1 aliphatic rings. The van der Waals surface area contributed by atoms with Crippen molar-refractivity contribution in [2.24, 2.45) is 0 Å². The fourth-order valence-electron chi connectivity index (χ4n) is 2.07. The van der Waals surface area contributed by atoms with Crippen molar-refractivity contribution in [3.8, 4) is 0 Å². The van der Waals surface area contributed by atoms with Crippen LogP contribution in [0.3, 0.4) is 0 Å². The minimum atomic E-state index is -0.735. The Bertz CT molecular complexity index is 405. The highest BCUT2D eigenvalue weighted by molar-refractivity contribution is 5.37. The predicted molar refractivity (Wildman–Crippen MR) is 56.8 cm³/mol. The Balaban J connectivity index is 2.28. The van der Waals surface area contributed by atoms with Gasteiger partial charge in [0.25, 0.3) is 0 Å². The van der Waals surface area contributed by atoms with Crippen LogP contribution in [0.25, 0.3) is 0 Å². The van der Waals surface area contributed by atoms with E-state index in [0.717, 1.165) is 36.8 Å². The molecule has 2 rings (SSSR count). The lowest BCUT2D eigenvalue weighted by Gasteiger charge is -2.16. The predicted octanol–water partition coefficient (Wildman–Crippen LogP) is 3.79. The molecular formula is C13H14F2. The highest BCUT2D eigenvalue weighted by Gasteiger charge is 2.14. The zero-order chi connectivity index (χ0) is 10.8. The van der Waals surface area contributed by atoms with Crippen LogP contribution in [0.4, 0.5) is 8.78 Å². The number of halogens is 2. The molecule has 80 valence electrons. The van der Waals surface area contributed by atoms with E-state index in [1.54, 1.807) is 0 Å². The monoisotopic (exact) mass is 208 g/mol. The van der Waals surface area contributed by atoms with Crippen molar-refractivity contribution in [3.05, 3.63) is 46.5 Å². The van der Waals surface area contributed by atoms with E-state index < -0.39 is 11.6 Å². The van der Waals surface area contributed by atoms with Gasteiger partial charge in [0, 0.05) is 0 Å². The van der Waals surface area contributed by atoms with Crippen LogP contribution < -0.4 is 0 Å². The second-order valence-corrected chi connectivity index (χ2v) is 4.03. The van der Waals surface area contributed by atoms with E-state index in [1.807, 2.05) is 0 Å². The molecule has 0 unspecified atom stereocenters. The van der Waals surface area contributed by atoms with Crippen LogP contribution in [-0.2, 0) is 12.8 Å². The van der Waals surface area contributed by atoms with Gasteiger partial charge in [-0.15, -0.1) is 0 Å². The molecule has 2 heteroatoms. The van der Waals surface area contributed by atoms with Crippen molar-refractivity contribution in [2.45, 2.75) is 32.6 Å². The molecule has 0 saturated heterocycles. The van der Waals surface area contributed by atoms with Crippen molar-refractivity contribution < 1.29 is 8.78 Å². The molecule has 0 atom stereocenters. The van der Waals surface area contributed by atoms with Crippen molar-refractivity contribution in [3.63, 3.8) is 0 Å². The molecule has 1 aliphatic carbocycles. The standard InChI is InChI=1S/C13H14F2/c1-2-3-9-4-5-10-7-12(14)13(15)8-11(10)6-9/h4,7-8H,2-3,5-6H2,1H3. The third-order valence-electron chi connectivity index (χ3n) is 2.84. The molecule has 0 fully saturated rings. The van der Waals surface area contributed by atoms with Gasteiger partial charge < -0.3 is 0 Å². The Kier molecular flexibility index (Phi) is 2.85. The van der Waals surface area contributed by atoms with E-state index in [0.29, 0.717) is 0 Å². The zero-order valence-electron chi connectivity index (χ0n) is 8.82. The molecule has 0 aromatic heterocycles. The van der Waals surface area contributed by atoms with Crippen LogP contribution in [0.5, 0.6) is 0 Å². The van der Waals surface area contributed by atoms with Gasteiger partial charge in [0.1, 0.15) is 0 Å². The molecule has 0 saturated carbocycles. The van der Waals surface area contributed by atoms with Crippen LogP contribution in [-0.4, -0.2) is 0 Å². The van der Waals surface area contributed by atoms with Gasteiger partial charge >= 0.3 is 0 Å². The number of allylic oxidation sites excluding steroid dienone is 2. The first-order chi connectivity index (χ1) is 7.20. The number of benzene rings is 1. The lowest BCUT2D eigenvalue weighted by molar-refractivity contribution is 0.505. The van der Waals surface area contributed by atoms with Gasteiger partial charge in [0.2, 0.25) is 0 Å². The summed E-state index contributed by atoms with van der Waals surface area (Å²) < 4.78 is 26.0. The van der Waals surface area contributed by atoms with Crippen LogP contribution in [0, 0.1) is 11.6 Å². The fourth-order valence-corrected chi connectivity index (χ4v) is 2.07. The van der Waals surface area contributed by atoms with E-state index in [4.69, 9.17) is 0 Å². The fraction of sp³-hybridized carbons (Fsp3) is 0.385. The second kappa shape index (κ2) is 4.13. The summed E-state index contributed by atoms with van der Waals surface area (Å²) in [6, 6.07) is 2.66. The second-order valence-electron chi connectivity index (χ2n) is 4.03. The van der Waals surface area contributed by atoms with Gasteiger partial charge in [-0.3, -0.25) is 0 Å². The molecule has 0 radical (unpaired) electrons. The van der Waals surface area contributed by atoms with Gasteiger partial charge in [-0.1, -0.05) is 25.0 Å². The van der Waals surface area contributed by atoms with Crippen LogP contribution >= 0.6 is 0 Å². The Hall–Kier alpha value is -1.18. The smallest absolute Gasteiger partial charge is 0.159 e. The maximum Gasteiger partial charge on any atom is 0.159 e. The minimum absolute atomic E-state index is 0.730. The summed E-state index contributed by atoms with van der Waals surface area (Å²) in [5.74, 6) is -1.47. The number of fused-ring (bicyclic) bond motifs is 1. The molecule has 0 amide bonds. The minimum Gasteiger partial charge on any atom is -0.204 e. The summed E-state index contributed by atoms with van der Waals surface area (Å²) >= 11 is 0. The topological polar surface area (TPSA) is 0 Å². The molecule has 0 nitrogen and oxygen atoms in total. The number of hydrogen-bond acceptors (Lipinski definition) is 0. The van der Waals surface area contributed by atoms with Crippen LogP contribution in [0.1, 0.15) is 30.9 Å².